The van der Waals surface area contributed by atoms with Crippen LogP contribution in [0.3, 0.4) is 0 Å². The number of ether oxygens (including phenoxy) is 1. The summed E-state index contributed by atoms with van der Waals surface area (Å²) in [6.45, 7) is 3.21. The number of Topliss-reactive ketones (excluding diaryl/α,β-unsaturated/α-hetero) is 1. The Morgan fingerprint density at radius 3 is 2.62 bits per heavy atom. The maximum Gasteiger partial charge on any atom is 0.261 e. The molecule has 24 heavy (non-hydrogen) atoms. The standard InChI is InChI=1S/C18H20N2O4/c1-12(22)14-5-3-8-17(9-14)24-13(2)18(23)19-10-15-6-4-7-16(11-21)20-15/h3-9,13,21H,10-11H2,1-2H3,(H,19,23)/t13-/m1/s1. The van der Waals surface area contributed by atoms with E-state index in [-0.39, 0.29) is 24.8 Å². The lowest BCUT2D eigenvalue weighted by Crippen LogP contribution is -2.36. The Morgan fingerprint density at radius 1 is 1.21 bits per heavy atom. The molecule has 0 unspecified atom stereocenters. The first-order chi connectivity index (χ1) is 11.5. The van der Waals surface area contributed by atoms with Gasteiger partial charge in [0.15, 0.2) is 11.9 Å². The number of nitrogens with zero attached hydrogens (tertiary/aromatic N) is 1. The van der Waals surface area contributed by atoms with Gasteiger partial charge in [0.2, 0.25) is 0 Å². The Morgan fingerprint density at radius 2 is 1.92 bits per heavy atom. The molecule has 0 saturated carbocycles. The Hall–Kier alpha value is -2.73. The molecule has 0 saturated heterocycles. The van der Waals surface area contributed by atoms with Gasteiger partial charge in [0, 0.05) is 5.56 Å². The van der Waals surface area contributed by atoms with Gasteiger partial charge in [-0.1, -0.05) is 18.2 Å². The molecule has 2 N–H and O–H groups in total. The van der Waals surface area contributed by atoms with Gasteiger partial charge in [-0.3, -0.25) is 14.6 Å². The number of aromatic nitrogens is 1. The average Bonchev–Trinajstić information content (AvgIpc) is 2.60. The average molecular weight is 328 g/mol. The molecular formula is C18H20N2O4. The number of rotatable bonds is 7. The Labute approximate surface area is 140 Å². The summed E-state index contributed by atoms with van der Waals surface area (Å²) in [5.74, 6) is 0.109. The quantitative estimate of drug-likeness (QED) is 0.757. The van der Waals surface area contributed by atoms with Gasteiger partial charge in [0.1, 0.15) is 5.75 Å². The van der Waals surface area contributed by atoms with Crippen LogP contribution in [0, 0.1) is 0 Å². The molecule has 0 aliphatic rings. The number of carbonyl (C=O) groups excluding carboxylic acids is 2. The summed E-state index contributed by atoms with van der Waals surface area (Å²) < 4.78 is 5.58. The van der Waals surface area contributed by atoms with Crippen LogP contribution in [-0.4, -0.2) is 27.9 Å². The third-order valence-corrected chi connectivity index (χ3v) is 3.39. The van der Waals surface area contributed by atoms with E-state index < -0.39 is 6.10 Å². The second-order valence-corrected chi connectivity index (χ2v) is 5.34. The number of carbonyl (C=O) groups is 2. The molecule has 0 fully saturated rings. The smallest absolute Gasteiger partial charge is 0.261 e. The van der Waals surface area contributed by atoms with Crippen LogP contribution in [-0.2, 0) is 17.9 Å². The summed E-state index contributed by atoms with van der Waals surface area (Å²) in [6.07, 6.45) is -0.715. The summed E-state index contributed by atoms with van der Waals surface area (Å²) >= 11 is 0. The number of benzene rings is 1. The number of aliphatic hydroxyl groups excluding tert-OH is 1. The third-order valence-electron chi connectivity index (χ3n) is 3.39. The second kappa shape index (κ2) is 8.21. The van der Waals surface area contributed by atoms with Crippen molar-refractivity contribution in [1.29, 1.82) is 0 Å². The molecule has 1 amide bonds. The first-order valence-corrected chi connectivity index (χ1v) is 7.60. The van der Waals surface area contributed by atoms with E-state index in [1.807, 2.05) is 0 Å². The van der Waals surface area contributed by atoms with Gasteiger partial charge in [-0.25, -0.2) is 0 Å². The fourth-order valence-corrected chi connectivity index (χ4v) is 2.08. The number of amides is 1. The molecule has 0 spiro atoms. The second-order valence-electron chi connectivity index (χ2n) is 5.34. The van der Waals surface area contributed by atoms with E-state index >= 15 is 0 Å². The van der Waals surface area contributed by atoms with Gasteiger partial charge in [-0.15, -0.1) is 0 Å². The highest BCUT2D eigenvalue weighted by Crippen LogP contribution is 2.15. The van der Waals surface area contributed by atoms with E-state index in [0.29, 0.717) is 22.7 Å². The van der Waals surface area contributed by atoms with Gasteiger partial charge in [0.25, 0.3) is 5.91 Å². The molecule has 0 radical (unpaired) electrons. The predicted molar refractivity (Wildman–Crippen MR) is 88.5 cm³/mol. The van der Waals surface area contributed by atoms with Crippen molar-refractivity contribution in [2.45, 2.75) is 33.1 Å². The number of pyridine rings is 1. The molecule has 6 heteroatoms. The summed E-state index contributed by atoms with van der Waals surface area (Å²) in [5.41, 5.74) is 1.73. The monoisotopic (exact) mass is 328 g/mol. The third kappa shape index (κ3) is 4.89. The summed E-state index contributed by atoms with van der Waals surface area (Å²) in [5, 5.41) is 11.8. The van der Waals surface area contributed by atoms with Crippen molar-refractivity contribution in [3.63, 3.8) is 0 Å². The van der Waals surface area contributed by atoms with Crippen LogP contribution >= 0.6 is 0 Å². The van der Waals surface area contributed by atoms with E-state index in [9.17, 15) is 9.59 Å². The molecule has 1 aromatic carbocycles. The highest BCUT2D eigenvalue weighted by molar-refractivity contribution is 5.94. The molecule has 1 heterocycles. The first-order valence-electron chi connectivity index (χ1n) is 7.60. The van der Waals surface area contributed by atoms with E-state index in [1.165, 1.54) is 6.92 Å². The molecule has 0 aliphatic carbocycles. The molecule has 1 atom stereocenters. The maximum absolute atomic E-state index is 12.1. The molecule has 0 aliphatic heterocycles. The van der Waals surface area contributed by atoms with Crippen molar-refractivity contribution in [3.05, 3.63) is 59.4 Å². The SMILES string of the molecule is CC(=O)c1cccc(O[C@H](C)C(=O)NCc2cccc(CO)n2)c1. The van der Waals surface area contributed by atoms with Crippen molar-refractivity contribution in [1.82, 2.24) is 10.3 Å². The number of ketones is 1. The van der Waals surface area contributed by atoms with Gasteiger partial charge in [-0.2, -0.15) is 0 Å². The Balaban J connectivity index is 1.92. The zero-order chi connectivity index (χ0) is 17.5. The lowest BCUT2D eigenvalue weighted by molar-refractivity contribution is -0.127. The Kier molecular flexibility index (Phi) is 6.03. The van der Waals surface area contributed by atoms with Crippen LogP contribution in [0.15, 0.2) is 42.5 Å². The minimum Gasteiger partial charge on any atom is -0.481 e. The number of aliphatic hydroxyl groups is 1. The van der Waals surface area contributed by atoms with E-state index in [1.54, 1.807) is 49.4 Å². The van der Waals surface area contributed by atoms with E-state index in [4.69, 9.17) is 9.84 Å². The van der Waals surface area contributed by atoms with Crippen molar-refractivity contribution >= 4 is 11.7 Å². The normalized spacial score (nSPS) is 11.6. The maximum atomic E-state index is 12.1. The highest BCUT2D eigenvalue weighted by Gasteiger charge is 2.15. The van der Waals surface area contributed by atoms with Gasteiger partial charge >= 0.3 is 0 Å². The number of hydrogen-bond donors (Lipinski definition) is 2. The van der Waals surface area contributed by atoms with Crippen LogP contribution in [0.25, 0.3) is 0 Å². The van der Waals surface area contributed by atoms with Crippen LogP contribution in [0.1, 0.15) is 35.6 Å². The van der Waals surface area contributed by atoms with Crippen molar-refractivity contribution in [2.75, 3.05) is 0 Å². The van der Waals surface area contributed by atoms with E-state index in [0.717, 1.165) is 0 Å². The van der Waals surface area contributed by atoms with Crippen molar-refractivity contribution < 1.29 is 19.4 Å². The zero-order valence-electron chi connectivity index (χ0n) is 13.7. The van der Waals surface area contributed by atoms with Gasteiger partial charge in [-0.05, 0) is 38.1 Å². The molecule has 2 aromatic rings. The largest absolute Gasteiger partial charge is 0.481 e. The van der Waals surface area contributed by atoms with E-state index in [2.05, 4.69) is 10.3 Å². The lowest BCUT2D eigenvalue weighted by Gasteiger charge is -2.15. The van der Waals surface area contributed by atoms with Crippen LogP contribution in [0.2, 0.25) is 0 Å². The molecular weight excluding hydrogens is 308 g/mol. The fraction of sp³-hybridized carbons (Fsp3) is 0.278. The molecule has 0 bridgehead atoms. The van der Waals surface area contributed by atoms with Crippen LogP contribution < -0.4 is 10.1 Å². The minimum atomic E-state index is -0.715. The van der Waals surface area contributed by atoms with Gasteiger partial charge in [0.05, 0.1) is 24.5 Å². The molecule has 1 aromatic heterocycles. The first kappa shape index (κ1) is 17.6. The number of hydrogen-bond acceptors (Lipinski definition) is 5. The minimum absolute atomic E-state index is 0.0626. The van der Waals surface area contributed by atoms with Crippen LogP contribution in [0.4, 0.5) is 0 Å². The zero-order valence-corrected chi connectivity index (χ0v) is 13.7. The van der Waals surface area contributed by atoms with Crippen molar-refractivity contribution in [3.8, 4) is 5.75 Å². The molecule has 2 rings (SSSR count). The van der Waals surface area contributed by atoms with Gasteiger partial charge < -0.3 is 15.2 Å². The molecule has 6 nitrogen and oxygen atoms in total. The summed E-state index contributed by atoms with van der Waals surface area (Å²) in [4.78, 5) is 27.7. The summed E-state index contributed by atoms with van der Waals surface area (Å²) in [7, 11) is 0. The highest BCUT2D eigenvalue weighted by atomic mass is 16.5. The molecule has 126 valence electrons. The van der Waals surface area contributed by atoms with Crippen molar-refractivity contribution in [2.24, 2.45) is 0 Å². The topological polar surface area (TPSA) is 88.5 Å². The fourth-order valence-electron chi connectivity index (χ4n) is 2.08. The summed E-state index contributed by atoms with van der Waals surface area (Å²) in [6, 6.07) is 12.0. The Bertz CT molecular complexity index is 730. The van der Waals surface area contributed by atoms with Crippen LogP contribution in [0.5, 0.6) is 5.75 Å². The lowest BCUT2D eigenvalue weighted by atomic mass is 10.1. The predicted octanol–water partition coefficient (Wildman–Crippen LogP) is 1.86. The number of nitrogens with one attached hydrogen (secondary N) is 1.